The minimum atomic E-state index is -0.748. The van der Waals surface area contributed by atoms with Crippen molar-refractivity contribution in [1.82, 2.24) is 0 Å². The van der Waals surface area contributed by atoms with Gasteiger partial charge in [-0.1, -0.05) is 0 Å². The van der Waals surface area contributed by atoms with Crippen LogP contribution in [0.15, 0.2) is 0 Å². The number of esters is 2. The van der Waals surface area contributed by atoms with Crippen molar-refractivity contribution in [2.24, 2.45) is 0 Å². The summed E-state index contributed by atoms with van der Waals surface area (Å²) in [5, 5.41) is -0.748. The largest absolute Gasteiger partial charge is 0.392 e. The average molecular weight is 135 g/mol. The van der Waals surface area contributed by atoms with E-state index < -0.39 is 17.3 Å². The number of carbonyl (C=O) groups excluding carboxylic acids is 2. The van der Waals surface area contributed by atoms with Crippen LogP contribution in [0.5, 0.6) is 0 Å². The van der Waals surface area contributed by atoms with Crippen molar-refractivity contribution >= 4 is 23.5 Å². The third-order valence-electron chi connectivity index (χ3n) is 0.816. The predicted octanol–water partition coefficient (Wildman–Crippen LogP) is 0.0673. The van der Waals surface area contributed by atoms with Crippen LogP contribution in [0.1, 0.15) is 6.42 Å². The summed E-state index contributed by atoms with van der Waals surface area (Å²) >= 11 is 5.26. The van der Waals surface area contributed by atoms with Gasteiger partial charge in [0.25, 0.3) is 0 Å². The van der Waals surface area contributed by atoms with Crippen LogP contribution < -0.4 is 0 Å². The third kappa shape index (κ3) is 0.816. The summed E-state index contributed by atoms with van der Waals surface area (Å²) in [5.41, 5.74) is 0. The molecule has 1 rings (SSSR count). The smallest absolute Gasteiger partial charge is 0.332 e. The highest BCUT2D eigenvalue weighted by molar-refractivity contribution is 6.33. The van der Waals surface area contributed by atoms with Gasteiger partial charge >= 0.3 is 11.9 Å². The summed E-state index contributed by atoms with van der Waals surface area (Å²) in [6.07, 6.45) is 0.0143. The van der Waals surface area contributed by atoms with Crippen LogP contribution in [0.25, 0.3) is 0 Å². The summed E-state index contributed by atoms with van der Waals surface area (Å²) in [5.74, 6) is -1.16. The average Bonchev–Trinajstić information content (AvgIpc) is 1.85. The molecule has 0 saturated carbocycles. The summed E-state index contributed by atoms with van der Waals surface area (Å²) in [6.45, 7) is 0. The molecule has 0 aromatic heterocycles. The maximum atomic E-state index is 10.2. The first-order valence-corrected chi connectivity index (χ1v) is 2.52. The predicted molar refractivity (Wildman–Crippen MR) is 25.4 cm³/mol. The molecule has 1 aliphatic rings. The van der Waals surface area contributed by atoms with Crippen molar-refractivity contribution in [2.45, 2.75) is 11.8 Å². The fraction of sp³-hybridized carbons (Fsp3) is 0.500. The molecule has 0 N–H and O–H groups in total. The molecule has 0 bridgehead atoms. The molecule has 1 saturated heterocycles. The van der Waals surface area contributed by atoms with E-state index in [1.165, 1.54) is 0 Å². The number of carbonyl (C=O) groups is 2. The number of cyclic esters (lactones) is 2. The van der Waals surface area contributed by atoms with Crippen LogP contribution >= 0.6 is 11.6 Å². The Labute approximate surface area is 50.6 Å². The molecule has 0 aliphatic carbocycles. The number of ether oxygens (including phenoxy) is 1. The van der Waals surface area contributed by atoms with Crippen LogP contribution in [0.2, 0.25) is 0 Å². The van der Waals surface area contributed by atoms with E-state index in [1.807, 2.05) is 0 Å². The highest BCUT2D eigenvalue weighted by atomic mass is 35.5. The van der Waals surface area contributed by atoms with Gasteiger partial charge < -0.3 is 4.74 Å². The molecule has 1 atom stereocenters. The number of alkyl halides is 1. The molecule has 1 aliphatic heterocycles. The van der Waals surface area contributed by atoms with Gasteiger partial charge in [-0.15, -0.1) is 11.6 Å². The molecule has 8 heavy (non-hydrogen) atoms. The van der Waals surface area contributed by atoms with E-state index in [2.05, 4.69) is 4.74 Å². The molecule has 0 spiro atoms. The van der Waals surface area contributed by atoms with E-state index in [4.69, 9.17) is 11.6 Å². The summed E-state index contributed by atoms with van der Waals surface area (Å²) in [4.78, 5) is 20.3. The molecular formula is C4H3ClO3. The van der Waals surface area contributed by atoms with Gasteiger partial charge in [0.2, 0.25) is 0 Å². The van der Waals surface area contributed by atoms with E-state index in [9.17, 15) is 9.59 Å². The molecule has 0 amide bonds. The lowest BCUT2D eigenvalue weighted by Crippen LogP contribution is -2.04. The van der Waals surface area contributed by atoms with Crippen LogP contribution in [-0.4, -0.2) is 17.3 Å². The van der Waals surface area contributed by atoms with Crippen molar-refractivity contribution in [3.05, 3.63) is 0 Å². The first-order chi connectivity index (χ1) is 3.70. The Kier molecular flexibility index (Phi) is 1.21. The van der Waals surface area contributed by atoms with Crippen LogP contribution in [0, 0.1) is 0 Å². The number of rotatable bonds is 0. The topological polar surface area (TPSA) is 43.4 Å². The molecule has 1 heterocycles. The zero-order valence-corrected chi connectivity index (χ0v) is 4.64. The molecule has 0 aromatic rings. The molecular weight excluding hydrogens is 131 g/mol. The van der Waals surface area contributed by atoms with Crippen LogP contribution in [0.3, 0.4) is 0 Å². The second-order valence-corrected chi connectivity index (χ2v) is 1.99. The van der Waals surface area contributed by atoms with Gasteiger partial charge in [-0.3, -0.25) is 4.79 Å². The molecule has 0 unspecified atom stereocenters. The maximum absolute atomic E-state index is 10.2. The van der Waals surface area contributed by atoms with E-state index in [1.54, 1.807) is 0 Å². The van der Waals surface area contributed by atoms with E-state index >= 15 is 0 Å². The van der Waals surface area contributed by atoms with Crippen molar-refractivity contribution in [2.75, 3.05) is 0 Å². The zero-order valence-electron chi connectivity index (χ0n) is 3.89. The lowest BCUT2D eigenvalue weighted by molar-refractivity contribution is -0.151. The third-order valence-corrected chi connectivity index (χ3v) is 1.15. The monoisotopic (exact) mass is 134 g/mol. The number of hydrogen-bond donors (Lipinski definition) is 0. The van der Waals surface area contributed by atoms with Gasteiger partial charge in [-0.25, -0.2) is 4.79 Å². The standard InChI is InChI=1S/C4H3ClO3/c5-2-1-3(6)8-4(2)7/h2H,1H2/t2-/m0/s1. The fourth-order valence-corrected chi connectivity index (χ4v) is 0.618. The Morgan fingerprint density at radius 3 is 2.38 bits per heavy atom. The normalized spacial score (nSPS) is 28.4. The summed E-state index contributed by atoms with van der Waals surface area (Å²) in [7, 11) is 0. The van der Waals surface area contributed by atoms with E-state index in [-0.39, 0.29) is 6.42 Å². The van der Waals surface area contributed by atoms with Gasteiger partial charge in [0, 0.05) is 0 Å². The van der Waals surface area contributed by atoms with E-state index in [0.717, 1.165) is 0 Å². The highest BCUT2D eigenvalue weighted by Gasteiger charge is 2.31. The van der Waals surface area contributed by atoms with Crippen LogP contribution in [-0.2, 0) is 14.3 Å². The van der Waals surface area contributed by atoms with Gasteiger partial charge in [0.05, 0.1) is 6.42 Å². The van der Waals surface area contributed by atoms with Crippen molar-refractivity contribution in [1.29, 1.82) is 0 Å². The Bertz CT molecular complexity index is 142. The number of hydrogen-bond acceptors (Lipinski definition) is 3. The van der Waals surface area contributed by atoms with Gasteiger partial charge in [0.15, 0.2) is 0 Å². The Morgan fingerprint density at radius 1 is 1.62 bits per heavy atom. The lowest BCUT2D eigenvalue weighted by Gasteiger charge is -1.84. The maximum Gasteiger partial charge on any atom is 0.332 e. The number of halogens is 1. The molecule has 0 radical (unpaired) electrons. The highest BCUT2D eigenvalue weighted by Crippen LogP contribution is 2.13. The Morgan fingerprint density at radius 2 is 2.25 bits per heavy atom. The van der Waals surface area contributed by atoms with Crippen molar-refractivity contribution in [3.63, 3.8) is 0 Å². The van der Waals surface area contributed by atoms with Crippen molar-refractivity contribution < 1.29 is 14.3 Å². The zero-order chi connectivity index (χ0) is 6.15. The van der Waals surface area contributed by atoms with Gasteiger partial charge in [-0.2, -0.15) is 0 Å². The van der Waals surface area contributed by atoms with Crippen molar-refractivity contribution in [3.8, 4) is 0 Å². The Hall–Kier alpha value is -0.570. The molecule has 1 fully saturated rings. The lowest BCUT2D eigenvalue weighted by atomic mass is 10.4. The fourth-order valence-electron chi connectivity index (χ4n) is 0.447. The second-order valence-electron chi connectivity index (χ2n) is 1.46. The van der Waals surface area contributed by atoms with Gasteiger partial charge in [0.1, 0.15) is 5.38 Å². The molecule has 3 nitrogen and oxygen atoms in total. The molecule has 4 heteroatoms. The van der Waals surface area contributed by atoms with Gasteiger partial charge in [-0.05, 0) is 0 Å². The first-order valence-electron chi connectivity index (χ1n) is 2.09. The van der Waals surface area contributed by atoms with Crippen LogP contribution in [0.4, 0.5) is 0 Å². The molecule has 0 aromatic carbocycles. The first kappa shape index (κ1) is 5.56. The Balaban J connectivity index is 2.64. The van der Waals surface area contributed by atoms with E-state index in [0.29, 0.717) is 0 Å². The summed E-state index contributed by atoms with van der Waals surface area (Å²) in [6, 6.07) is 0. The quantitative estimate of drug-likeness (QED) is 0.268. The SMILES string of the molecule is O=C1C[C@H](Cl)C(=O)O1. The molecule has 44 valence electrons. The minimum Gasteiger partial charge on any atom is -0.392 e. The minimum absolute atomic E-state index is 0.0143. The second kappa shape index (κ2) is 1.74. The summed E-state index contributed by atoms with van der Waals surface area (Å²) < 4.78 is 4.06.